The molecule has 36 heavy (non-hydrogen) atoms. The average Bonchev–Trinajstić information content (AvgIpc) is 3.31. The van der Waals surface area contributed by atoms with Crippen molar-refractivity contribution >= 4 is 11.6 Å². The zero-order valence-electron chi connectivity index (χ0n) is 19.1. The molecule has 0 spiro atoms. The van der Waals surface area contributed by atoms with Crippen molar-refractivity contribution in [2.75, 3.05) is 5.32 Å². The lowest BCUT2D eigenvalue weighted by Gasteiger charge is -2.21. The van der Waals surface area contributed by atoms with Gasteiger partial charge in [0.25, 0.3) is 5.91 Å². The average molecular weight is 523 g/mol. The zero-order valence-corrected chi connectivity index (χ0v) is 19.1. The maximum atomic E-state index is 15.5. The number of alkyl halides is 6. The van der Waals surface area contributed by atoms with Crippen LogP contribution in [0.1, 0.15) is 47.5 Å². The molecule has 2 atom stereocenters. The highest BCUT2D eigenvalue weighted by Crippen LogP contribution is 2.38. The molecule has 3 rings (SSSR count). The maximum absolute atomic E-state index is 15.5. The summed E-state index contributed by atoms with van der Waals surface area (Å²) in [6, 6.07) is 1.90. The number of ether oxygens (including phenoxy) is 1. The number of aryl methyl sites for hydroxylation is 2. The molecule has 0 aliphatic rings. The first-order chi connectivity index (χ1) is 16.5. The number of aliphatic hydroxyl groups is 1. The number of hydrogen-bond acceptors (Lipinski definition) is 5. The van der Waals surface area contributed by atoms with Crippen molar-refractivity contribution in [3.05, 3.63) is 46.9 Å². The van der Waals surface area contributed by atoms with E-state index in [1.54, 1.807) is 0 Å². The van der Waals surface area contributed by atoms with E-state index in [1.807, 2.05) is 5.32 Å². The monoisotopic (exact) mass is 523 g/mol. The highest BCUT2D eigenvalue weighted by Gasteiger charge is 2.41. The van der Waals surface area contributed by atoms with Crippen LogP contribution in [0.15, 0.2) is 18.3 Å². The number of carbonyl (C=O) groups is 1. The van der Waals surface area contributed by atoms with Crippen molar-refractivity contribution in [1.29, 1.82) is 0 Å². The van der Waals surface area contributed by atoms with Crippen LogP contribution in [0.5, 0.6) is 5.75 Å². The summed E-state index contributed by atoms with van der Waals surface area (Å²) in [5.41, 5.74) is -3.71. The molecule has 0 fully saturated rings. The lowest BCUT2D eigenvalue weighted by atomic mass is 10.1. The number of nitrogens with zero attached hydrogens (tertiary/aromatic N) is 3. The Balaban J connectivity index is 2.12. The molecule has 0 saturated heterocycles. The number of aliphatic hydroxyl groups excluding tert-OH is 1. The van der Waals surface area contributed by atoms with Crippen LogP contribution in [-0.2, 0) is 13.2 Å². The number of benzene rings is 1. The minimum absolute atomic E-state index is 0.0904. The van der Waals surface area contributed by atoms with Gasteiger partial charge in [0.05, 0.1) is 22.6 Å². The Morgan fingerprint density at radius 2 is 1.83 bits per heavy atom. The predicted molar refractivity (Wildman–Crippen MR) is 112 cm³/mol. The fourth-order valence-corrected chi connectivity index (χ4v) is 3.26. The smallest absolute Gasteiger partial charge is 0.437 e. The van der Waals surface area contributed by atoms with Crippen molar-refractivity contribution in [3.63, 3.8) is 0 Å². The molecular weight excluding hydrogens is 503 g/mol. The van der Waals surface area contributed by atoms with E-state index in [2.05, 4.69) is 15.2 Å². The Morgan fingerprint density at radius 1 is 1.19 bits per heavy atom. The van der Waals surface area contributed by atoms with Gasteiger partial charge in [-0.3, -0.25) is 9.89 Å². The van der Waals surface area contributed by atoms with Crippen LogP contribution in [0.2, 0.25) is 0 Å². The van der Waals surface area contributed by atoms with Crippen molar-refractivity contribution in [1.82, 2.24) is 19.7 Å². The molecule has 2 heterocycles. The zero-order chi connectivity index (χ0) is 27.2. The number of H-pyrrole nitrogens is 1. The van der Waals surface area contributed by atoms with Gasteiger partial charge in [-0.25, -0.2) is 9.37 Å². The van der Waals surface area contributed by atoms with Gasteiger partial charge in [0.1, 0.15) is 11.9 Å². The lowest BCUT2D eigenvalue weighted by Crippen LogP contribution is -2.32. The molecule has 0 radical (unpaired) electrons. The normalized spacial score (nSPS) is 14.0. The molecular formula is C21H20F7N5O3. The molecule has 1 amide bonds. The number of hydrogen-bond donors (Lipinski definition) is 3. The van der Waals surface area contributed by atoms with Gasteiger partial charge in [-0.2, -0.15) is 31.4 Å². The van der Waals surface area contributed by atoms with Crippen molar-refractivity contribution < 1.29 is 45.4 Å². The minimum atomic E-state index is -4.97. The van der Waals surface area contributed by atoms with E-state index in [0.29, 0.717) is 6.92 Å². The van der Waals surface area contributed by atoms with E-state index in [-0.39, 0.29) is 22.8 Å². The number of imidazole rings is 1. The van der Waals surface area contributed by atoms with E-state index in [9.17, 15) is 36.2 Å². The number of anilines is 1. The standard InChI is InChI=1S/C21H20F7N5O3/c1-8-15(17(32-31-8)21(26,27)28)30-19(35)12-6-5-11(13-7-33(4)18(29-13)9(2)34)14(22)16(12)36-10(3)20(23,24)25/h5-7,9-10,34H,1-4H3,(H,30,35)(H,31,32)/t9-,10-/m0/s1. The Morgan fingerprint density at radius 3 is 2.36 bits per heavy atom. The molecule has 0 saturated carbocycles. The Bertz CT molecular complexity index is 1280. The quantitative estimate of drug-likeness (QED) is 0.399. The van der Waals surface area contributed by atoms with Crippen LogP contribution in [0, 0.1) is 12.7 Å². The van der Waals surface area contributed by atoms with E-state index < -0.39 is 59.0 Å². The van der Waals surface area contributed by atoms with Gasteiger partial charge >= 0.3 is 12.4 Å². The van der Waals surface area contributed by atoms with Gasteiger partial charge in [-0.1, -0.05) is 0 Å². The molecule has 0 aliphatic heterocycles. The summed E-state index contributed by atoms with van der Waals surface area (Å²) in [5, 5.41) is 16.8. The van der Waals surface area contributed by atoms with Crippen LogP contribution in [0.25, 0.3) is 11.3 Å². The van der Waals surface area contributed by atoms with E-state index in [0.717, 1.165) is 12.1 Å². The van der Waals surface area contributed by atoms with Crippen LogP contribution in [0.3, 0.4) is 0 Å². The third-order valence-electron chi connectivity index (χ3n) is 5.11. The summed E-state index contributed by atoms with van der Waals surface area (Å²) in [4.78, 5) is 16.9. The van der Waals surface area contributed by atoms with Gasteiger partial charge in [0.2, 0.25) is 0 Å². The van der Waals surface area contributed by atoms with Crippen LogP contribution >= 0.6 is 0 Å². The Hall–Kier alpha value is -3.62. The first-order valence-electron chi connectivity index (χ1n) is 10.2. The number of aromatic amines is 1. The number of amides is 1. The predicted octanol–water partition coefficient (Wildman–Crippen LogP) is 4.91. The third-order valence-corrected chi connectivity index (χ3v) is 5.11. The summed E-state index contributed by atoms with van der Waals surface area (Å²) in [7, 11) is 1.49. The molecule has 2 aromatic heterocycles. The van der Waals surface area contributed by atoms with Gasteiger partial charge < -0.3 is 19.7 Å². The molecule has 0 aliphatic carbocycles. The van der Waals surface area contributed by atoms with E-state index in [1.165, 1.54) is 31.7 Å². The molecule has 3 N–H and O–H groups in total. The molecule has 0 bridgehead atoms. The van der Waals surface area contributed by atoms with Gasteiger partial charge in [0, 0.05) is 18.8 Å². The van der Waals surface area contributed by atoms with Crippen molar-refractivity contribution in [2.45, 2.75) is 45.3 Å². The number of halogens is 7. The summed E-state index contributed by atoms with van der Waals surface area (Å²) in [5.74, 6) is -3.80. The summed E-state index contributed by atoms with van der Waals surface area (Å²) < 4.78 is 101. The summed E-state index contributed by atoms with van der Waals surface area (Å²) in [6.07, 6.45) is -12.3. The first-order valence-corrected chi connectivity index (χ1v) is 10.2. The molecule has 0 unspecified atom stereocenters. The molecule has 1 aromatic carbocycles. The molecule has 15 heteroatoms. The largest absolute Gasteiger partial charge is 0.477 e. The highest BCUT2D eigenvalue weighted by molar-refractivity contribution is 6.07. The number of carbonyl (C=O) groups excluding carboxylic acids is 1. The fourth-order valence-electron chi connectivity index (χ4n) is 3.26. The van der Waals surface area contributed by atoms with Crippen molar-refractivity contribution in [3.8, 4) is 17.0 Å². The Kier molecular flexibility index (Phi) is 7.08. The molecule has 3 aromatic rings. The van der Waals surface area contributed by atoms with Crippen molar-refractivity contribution in [2.24, 2.45) is 7.05 Å². The third kappa shape index (κ3) is 5.29. The van der Waals surface area contributed by atoms with Crippen LogP contribution in [0.4, 0.5) is 36.4 Å². The Labute approximate surface area is 199 Å². The summed E-state index contributed by atoms with van der Waals surface area (Å²) in [6.45, 7) is 3.14. The number of rotatable bonds is 6. The van der Waals surface area contributed by atoms with E-state index >= 15 is 4.39 Å². The van der Waals surface area contributed by atoms with Gasteiger partial charge in [-0.15, -0.1) is 0 Å². The topological polar surface area (TPSA) is 105 Å². The SMILES string of the molecule is Cc1[nH]nc(C(F)(F)F)c1NC(=O)c1ccc(-c2cn(C)c([C@H](C)O)n2)c(F)c1O[C@@H](C)C(F)(F)F. The van der Waals surface area contributed by atoms with Crippen LogP contribution < -0.4 is 10.1 Å². The highest BCUT2D eigenvalue weighted by atomic mass is 19.4. The first kappa shape index (κ1) is 27.0. The second-order valence-electron chi connectivity index (χ2n) is 7.90. The van der Waals surface area contributed by atoms with Gasteiger partial charge in [-0.05, 0) is 32.9 Å². The number of nitrogens with one attached hydrogen (secondary N) is 2. The fraction of sp³-hybridized carbons (Fsp3) is 0.381. The second-order valence-corrected chi connectivity index (χ2v) is 7.90. The number of aromatic nitrogens is 4. The molecule has 196 valence electrons. The van der Waals surface area contributed by atoms with Crippen LogP contribution in [-0.4, -0.2) is 43.0 Å². The lowest BCUT2D eigenvalue weighted by molar-refractivity contribution is -0.189. The summed E-state index contributed by atoms with van der Waals surface area (Å²) >= 11 is 0. The van der Waals surface area contributed by atoms with E-state index in [4.69, 9.17) is 4.74 Å². The molecule has 8 nitrogen and oxygen atoms in total. The maximum Gasteiger partial charge on any atom is 0.437 e. The van der Waals surface area contributed by atoms with Gasteiger partial charge in [0.15, 0.2) is 23.4 Å². The second kappa shape index (κ2) is 9.44. The minimum Gasteiger partial charge on any atom is -0.477 e.